The third kappa shape index (κ3) is 4.36. The van der Waals surface area contributed by atoms with Gasteiger partial charge in [0, 0.05) is 24.7 Å². The molecule has 6 heteroatoms. The van der Waals surface area contributed by atoms with Crippen LogP contribution in [0.15, 0.2) is 41.1 Å². The van der Waals surface area contributed by atoms with E-state index in [1.54, 1.807) is 11.8 Å². The van der Waals surface area contributed by atoms with Gasteiger partial charge in [0.2, 0.25) is 0 Å². The molecule has 0 bridgehead atoms. The molecule has 23 heavy (non-hydrogen) atoms. The van der Waals surface area contributed by atoms with Crippen molar-refractivity contribution in [3.05, 3.63) is 53.7 Å². The van der Waals surface area contributed by atoms with Gasteiger partial charge in [0.15, 0.2) is 17.8 Å². The van der Waals surface area contributed by atoms with E-state index >= 15 is 0 Å². The number of oxazole rings is 1. The lowest BCUT2D eigenvalue weighted by molar-refractivity contribution is 0.0863. The van der Waals surface area contributed by atoms with Gasteiger partial charge in [0.05, 0.1) is 0 Å². The van der Waals surface area contributed by atoms with Crippen molar-refractivity contribution in [2.24, 2.45) is 0 Å². The maximum absolute atomic E-state index is 12.2. The molecule has 0 spiro atoms. The minimum Gasteiger partial charge on any atom is -0.445 e. The number of benzene rings is 1. The fourth-order valence-corrected chi connectivity index (χ4v) is 3.34. The number of hydrogen-bond donors (Lipinski definition) is 1. The van der Waals surface area contributed by atoms with Gasteiger partial charge >= 0.3 is 0 Å². The Morgan fingerprint density at radius 2 is 2.22 bits per heavy atom. The van der Waals surface area contributed by atoms with Gasteiger partial charge in [-0.3, -0.25) is 4.79 Å². The normalized spacial score (nSPS) is 17.3. The SMILES string of the molecule is O=C(NCCSCc1ccccc1)c1ncoc1[C@@H]1CCCO1. The number of nitrogens with zero attached hydrogens (tertiary/aromatic N) is 1. The average molecular weight is 332 g/mol. The molecule has 5 nitrogen and oxygen atoms in total. The van der Waals surface area contributed by atoms with Crippen molar-refractivity contribution in [3.63, 3.8) is 0 Å². The monoisotopic (exact) mass is 332 g/mol. The molecule has 1 aromatic heterocycles. The number of hydrogen-bond acceptors (Lipinski definition) is 5. The van der Waals surface area contributed by atoms with Gasteiger partial charge in [-0.15, -0.1) is 0 Å². The Kier molecular flexibility index (Phi) is 5.71. The fraction of sp³-hybridized carbons (Fsp3) is 0.412. The molecular formula is C17H20N2O3S. The maximum atomic E-state index is 12.2. The van der Waals surface area contributed by atoms with Crippen LogP contribution in [-0.2, 0) is 10.5 Å². The molecule has 0 unspecified atom stereocenters. The van der Waals surface area contributed by atoms with Gasteiger partial charge in [0.25, 0.3) is 5.91 Å². The first-order valence-electron chi connectivity index (χ1n) is 7.79. The van der Waals surface area contributed by atoms with E-state index in [0.717, 1.165) is 24.3 Å². The lowest BCUT2D eigenvalue weighted by atomic mass is 10.1. The van der Waals surface area contributed by atoms with Crippen LogP contribution in [0.3, 0.4) is 0 Å². The third-order valence-electron chi connectivity index (χ3n) is 3.68. The van der Waals surface area contributed by atoms with Crippen LogP contribution >= 0.6 is 11.8 Å². The van der Waals surface area contributed by atoms with E-state index in [1.807, 2.05) is 18.2 Å². The Hall–Kier alpha value is -1.79. The summed E-state index contributed by atoms with van der Waals surface area (Å²) in [4.78, 5) is 16.3. The largest absolute Gasteiger partial charge is 0.445 e. The predicted octanol–water partition coefficient (Wildman–Crippen LogP) is 3.19. The topological polar surface area (TPSA) is 64.4 Å². The molecule has 1 fully saturated rings. The number of amides is 1. The van der Waals surface area contributed by atoms with Gasteiger partial charge in [-0.2, -0.15) is 11.8 Å². The number of aromatic nitrogens is 1. The van der Waals surface area contributed by atoms with E-state index in [-0.39, 0.29) is 12.0 Å². The summed E-state index contributed by atoms with van der Waals surface area (Å²) in [5, 5.41) is 2.90. The van der Waals surface area contributed by atoms with Crippen molar-refractivity contribution in [2.75, 3.05) is 18.9 Å². The minimum atomic E-state index is -0.190. The third-order valence-corrected chi connectivity index (χ3v) is 4.71. The van der Waals surface area contributed by atoms with Crippen molar-refractivity contribution in [1.82, 2.24) is 10.3 Å². The molecule has 0 radical (unpaired) electrons. The van der Waals surface area contributed by atoms with Crippen LogP contribution in [0.4, 0.5) is 0 Å². The summed E-state index contributed by atoms with van der Waals surface area (Å²) in [5.41, 5.74) is 1.64. The van der Waals surface area contributed by atoms with E-state index in [9.17, 15) is 4.79 Å². The lowest BCUT2D eigenvalue weighted by Gasteiger charge is -2.08. The van der Waals surface area contributed by atoms with Gasteiger partial charge < -0.3 is 14.5 Å². The Morgan fingerprint density at radius 3 is 3.00 bits per heavy atom. The maximum Gasteiger partial charge on any atom is 0.273 e. The Balaban J connectivity index is 1.42. The van der Waals surface area contributed by atoms with Crippen LogP contribution in [-0.4, -0.2) is 29.8 Å². The Labute approximate surface area is 139 Å². The first-order chi connectivity index (χ1) is 11.3. The first kappa shape index (κ1) is 16.1. The highest BCUT2D eigenvalue weighted by Crippen LogP contribution is 2.30. The van der Waals surface area contributed by atoms with Crippen molar-refractivity contribution in [2.45, 2.75) is 24.7 Å². The zero-order valence-corrected chi connectivity index (χ0v) is 13.7. The number of carbonyl (C=O) groups excluding carboxylic acids is 1. The molecule has 122 valence electrons. The molecule has 1 N–H and O–H groups in total. The second-order valence-electron chi connectivity index (χ2n) is 5.36. The number of nitrogens with one attached hydrogen (secondary N) is 1. The van der Waals surface area contributed by atoms with Crippen LogP contribution in [0.25, 0.3) is 0 Å². The van der Waals surface area contributed by atoms with Crippen molar-refractivity contribution in [1.29, 1.82) is 0 Å². The fourth-order valence-electron chi connectivity index (χ4n) is 2.52. The molecule has 1 atom stereocenters. The minimum absolute atomic E-state index is 0.134. The van der Waals surface area contributed by atoms with E-state index < -0.39 is 0 Å². The number of thioether (sulfide) groups is 1. The van der Waals surface area contributed by atoms with E-state index in [2.05, 4.69) is 22.4 Å². The van der Waals surface area contributed by atoms with Crippen LogP contribution in [0.1, 0.15) is 40.8 Å². The second-order valence-corrected chi connectivity index (χ2v) is 6.47. The molecule has 0 aliphatic carbocycles. The van der Waals surface area contributed by atoms with E-state index in [1.165, 1.54) is 12.0 Å². The molecule has 1 saturated heterocycles. The highest BCUT2D eigenvalue weighted by Gasteiger charge is 2.27. The zero-order chi connectivity index (χ0) is 15.9. The van der Waals surface area contributed by atoms with Crippen molar-refractivity contribution in [3.8, 4) is 0 Å². The van der Waals surface area contributed by atoms with E-state index in [0.29, 0.717) is 24.6 Å². The first-order valence-corrected chi connectivity index (χ1v) is 8.95. The molecule has 3 rings (SSSR count). The molecule has 0 saturated carbocycles. The molecule has 2 aromatic rings. The number of ether oxygens (including phenoxy) is 1. The van der Waals surface area contributed by atoms with Crippen LogP contribution in [0.2, 0.25) is 0 Å². The summed E-state index contributed by atoms with van der Waals surface area (Å²) in [6.07, 6.45) is 3.05. The smallest absolute Gasteiger partial charge is 0.273 e. The summed E-state index contributed by atoms with van der Waals surface area (Å²) >= 11 is 1.79. The number of carbonyl (C=O) groups is 1. The Morgan fingerprint density at radius 1 is 1.35 bits per heavy atom. The van der Waals surface area contributed by atoms with Gasteiger partial charge in [-0.05, 0) is 18.4 Å². The summed E-state index contributed by atoms with van der Waals surface area (Å²) in [6, 6.07) is 10.3. The Bertz CT molecular complexity index is 624. The van der Waals surface area contributed by atoms with E-state index in [4.69, 9.17) is 9.15 Å². The predicted molar refractivity (Wildman–Crippen MR) is 89.4 cm³/mol. The van der Waals surface area contributed by atoms with Gasteiger partial charge in [-0.25, -0.2) is 4.98 Å². The molecule has 1 amide bonds. The summed E-state index contributed by atoms with van der Waals surface area (Å²) in [5.74, 6) is 2.16. The van der Waals surface area contributed by atoms with Crippen LogP contribution in [0, 0.1) is 0 Å². The number of rotatable bonds is 7. The van der Waals surface area contributed by atoms with Gasteiger partial charge in [0.1, 0.15) is 6.10 Å². The molecule has 1 aromatic carbocycles. The second kappa shape index (κ2) is 8.17. The molecular weight excluding hydrogens is 312 g/mol. The van der Waals surface area contributed by atoms with Crippen molar-refractivity contribution >= 4 is 17.7 Å². The zero-order valence-electron chi connectivity index (χ0n) is 12.9. The highest BCUT2D eigenvalue weighted by atomic mass is 32.2. The standard InChI is InChI=1S/C17H20N2O3S/c20-17(15-16(22-12-19-15)14-7-4-9-21-14)18-8-10-23-11-13-5-2-1-3-6-13/h1-3,5-6,12,14H,4,7-11H2,(H,18,20)/t14-/m0/s1. The van der Waals surface area contributed by atoms with Crippen molar-refractivity contribution < 1.29 is 13.9 Å². The summed E-state index contributed by atoms with van der Waals surface area (Å²) in [6.45, 7) is 1.32. The van der Waals surface area contributed by atoms with Gasteiger partial charge in [-0.1, -0.05) is 30.3 Å². The average Bonchev–Trinajstić information content (AvgIpc) is 3.26. The highest BCUT2D eigenvalue weighted by molar-refractivity contribution is 7.98. The molecule has 2 heterocycles. The summed E-state index contributed by atoms with van der Waals surface area (Å²) < 4.78 is 10.9. The molecule has 1 aliphatic rings. The molecule has 1 aliphatic heterocycles. The summed E-state index contributed by atoms with van der Waals surface area (Å²) in [7, 11) is 0. The van der Waals surface area contributed by atoms with Crippen LogP contribution in [0.5, 0.6) is 0 Å². The van der Waals surface area contributed by atoms with Crippen LogP contribution < -0.4 is 5.32 Å². The quantitative estimate of drug-likeness (QED) is 0.789. The lowest BCUT2D eigenvalue weighted by Crippen LogP contribution is -2.27.